The Morgan fingerprint density at radius 1 is 1.05 bits per heavy atom. The molecule has 1 aromatic heterocycles. The van der Waals surface area contributed by atoms with Gasteiger partial charge in [-0.25, -0.2) is 9.59 Å². The van der Waals surface area contributed by atoms with E-state index in [4.69, 9.17) is 14.2 Å². The third-order valence-electron chi connectivity index (χ3n) is 4.07. The Morgan fingerprint density at radius 3 is 2.23 bits per heavy atom. The zero-order chi connectivity index (χ0) is 16.4. The van der Waals surface area contributed by atoms with Crippen LogP contribution in [0.2, 0.25) is 0 Å². The van der Waals surface area contributed by atoms with E-state index in [9.17, 15) is 14.4 Å². The summed E-state index contributed by atoms with van der Waals surface area (Å²) in [6.07, 6.45) is 2.00. The van der Waals surface area contributed by atoms with Gasteiger partial charge < -0.3 is 18.8 Å². The highest BCUT2D eigenvalue weighted by Gasteiger charge is 2.39. The second-order valence-corrected chi connectivity index (χ2v) is 5.09. The van der Waals surface area contributed by atoms with Gasteiger partial charge in [0.2, 0.25) is 0 Å². The van der Waals surface area contributed by atoms with Gasteiger partial charge in [0.1, 0.15) is 5.69 Å². The van der Waals surface area contributed by atoms with Gasteiger partial charge in [0.05, 0.1) is 32.8 Å². The number of carbonyl (C=O) groups excluding carboxylic acids is 3. The molecular formula is C15H19NO6. The average molecular weight is 309 g/mol. The Labute approximate surface area is 128 Å². The molecule has 1 atom stereocenters. The lowest BCUT2D eigenvalue weighted by atomic mass is 9.84. The first kappa shape index (κ1) is 16.1. The summed E-state index contributed by atoms with van der Waals surface area (Å²) in [7, 11) is 5.46. The number of fused-ring (bicyclic) bond motifs is 1. The van der Waals surface area contributed by atoms with Crippen LogP contribution in [0.4, 0.5) is 0 Å². The van der Waals surface area contributed by atoms with Crippen molar-refractivity contribution < 1.29 is 28.6 Å². The van der Waals surface area contributed by atoms with E-state index in [0.29, 0.717) is 18.4 Å². The Balaban J connectivity index is 2.74. The first-order valence-electron chi connectivity index (χ1n) is 6.93. The second kappa shape index (κ2) is 6.21. The first-order valence-corrected chi connectivity index (χ1v) is 6.93. The fourth-order valence-electron chi connectivity index (χ4n) is 3.07. The Kier molecular flexibility index (Phi) is 4.54. The largest absolute Gasteiger partial charge is 0.469 e. The molecule has 0 aromatic carbocycles. The summed E-state index contributed by atoms with van der Waals surface area (Å²) in [5, 5.41) is 0. The summed E-state index contributed by atoms with van der Waals surface area (Å²) < 4.78 is 16.0. The standard InChI is InChI=1S/C15H19NO6/c1-16-9-7-5-6-8(13(17)20-2)10(9)11(14(18)21-3)12(16)15(19)22-4/h8H,5-7H2,1-4H3. The van der Waals surface area contributed by atoms with Crippen molar-refractivity contribution in [2.45, 2.75) is 25.2 Å². The number of rotatable bonds is 3. The molecule has 1 aromatic rings. The van der Waals surface area contributed by atoms with E-state index in [2.05, 4.69) is 0 Å². The number of carbonyl (C=O) groups is 3. The molecule has 22 heavy (non-hydrogen) atoms. The van der Waals surface area contributed by atoms with Crippen molar-refractivity contribution in [3.8, 4) is 0 Å². The molecule has 1 aliphatic rings. The van der Waals surface area contributed by atoms with E-state index in [0.717, 1.165) is 12.1 Å². The molecule has 7 heteroatoms. The topological polar surface area (TPSA) is 83.8 Å². The third-order valence-corrected chi connectivity index (χ3v) is 4.07. The molecule has 7 nitrogen and oxygen atoms in total. The summed E-state index contributed by atoms with van der Waals surface area (Å²) >= 11 is 0. The normalized spacial score (nSPS) is 16.6. The molecule has 0 aliphatic heterocycles. The lowest BCUT2D eigenvalue weighted by molar-refractivity contribution is -0.142. The molecule has 1 unspecified atom stereocenters. The summed E-state index contributed by atoms with van der Waals surface area (Å²) in [5.41, 5.74) is 1.49. The second-order valence-electron chi connectivity index (χ2n) is 5.09. The number of aromatic nitrogens is 1. The minimum atomic E-state index is -0.659. The summed E-state index contributed by atoms with van der Waals surface area (Å²) in [5.74, 6) is -2.30. The van der Waals surface area contributed by atoms with Crippen LogP contribution in [0.5, 0.6) is 0 Å². The van der Waals surface area contributed by atoms with Crippen LogP contribution in [0.15, 0.2) is 0 Å². The molecule has 1 heterocycles. The van der Waals surface area contributed by atoms with E-state index in [1.165, 1.54) is 21.3 Å². The van der Waals surface area contributed by atoms with Crippen molar-refractivity contribution in [2.24, 2.45) is 7.05 Å². The van der Waals surface area contributed by atoms with Crippen molar-refractivity contribution in [1.82, 2.24) is 4.57 Å². The van der Waals surface area contributed by atoms with Crippen LogP contribution in [0, 0.1) is 0 Å². The maximum Gasteiger partial charge on any atom is 0.355 e. The van der Waals surface area contributed by atoms with Crippen LogP contribution < -0.4 is 0 Å². The number of methoxy groups -OCH3 is 3. The first-order chi connectivity index (χ1) is 10.5. The van der Waals surface area contributed by atoms with Gasteiger partial charge in [0.25, 0.3) is 0 Å². The lowest BCUT2D eigenvalue weighted by Crippen LogP contribution is -2.22. The molecule has 0 bridgehead atoms. The van der Waals surface area contributed by atoms with Gasteiger partial charge in [-0.3, -0.25) is 4.79 Å². The molecule has 120 valence electrons. The predicted molar refractivity (Wildman–Crippen MR) is 75.8 cm³/mol. The van der Waals surface area contributed by atoms with Crippen LogP contribution in [-0.2, 0) is 32.5 Å². The van der Waals surface area contributed by atoms with Gasteiger partial charge in [-0.1, -0.05) is 0 Å². The quantitative estimate of drug-likeness (QED) is 0.616. The molecule has 1 aliphatic carbocycles. The minimum absolute atomic E-state index is 0.0990. The molecule has 0 saturated carbocycles. The van der Waals surface area contributed by atoms with Crippen LogP contribution in [0.25, 0.3) is 0 Å². The maximum atomic E-state index is 12.2. The monoisotopic (exact) mass is 309 g/mol. The maximum absolute atomic E-state index is 12.2. The Hall–Kier alpha value is -2.31. The Bertz CT molecular complexity index is 630. The van der Waals surface area contributed by atoms with E-state index in [1.54, 1.807) is 11.6 Å². The van der Waals surface area contributed by atoms with Gasteiger partial charge >= 0.3 is 17.9 Å². The number of nitrogens with zero attached hydrogens (tertiary/aromatic N) is 1. The predicted octanol–water partition coefficient (Wildman–Crippen LogP) is 1.19. The molecule has 0 radical (unpaired) electrons. The van der Waals surface area contributed by atoms with Crippen molar-refractivity contribution >= 4 is 17.9 Å². The number of hydrogen-bond acceptors (Lipinski definition) is 6. The van der Waals surface area contributed by atoms with Crippen molar-refractivity contribution in [3.05, 3.63) is 22.5 Å². The summed E-state index contributed by atoms with van der Waals surface area (Å²) in [4.78, 5) is 36.3. The summed E-state index contributed by atoms with van der Waals surface area (Å²) in [6.45, 7) is 0. The zero-order valence-corrected chi connectivity index (χ0v) is 13.1. The summed E-state index contributed by atoms with van der Waals surface area (Å²) in [6, 6.07) is 0. The van der Waals surface area contributed by atoms with E-state index >= 15 is 0 Å². The molecular weight excluding hydrogens is 290 g/mol. The fraction of sp³-hybridized carbons (Fsp3) is 0.533. The van der Waals surface area contributed by atoms with Crippen molar-refractivity contribution in [3.63, 3.8) is 0 Å². The molecule has 2 rings (SSSR count). The van der Waals surface area contributed by atoms with Crippen LogP contribution in [0.3, 0.4) is 0 Å². The zero-order valence-electron chi connectivity index (χ0n) is 13.1. The van der Waals surface area contributed by atoms with Crippen LogP contribution in [-0.4, -0.2) is 43.8 Å². The number of hydrogen-bond donors (Lipinski definition) is 0. The van der Waals surface area contributed by atoms with E-state index in [1.807, 2.05) is 0 Å². The van der Waals surface area contributed by atoms with Gasteiger partial charge in [0, 0.05) is 18.3 Å². The molecule has 0 fully saturated rings. The molecule has 0 spiro atoms. The molecule has 0 saturated heterocycles. The van der Waals surface area contributed by atoms with Gasteiger partial charge in [0.15, 0.2) is 0 Å². The molecule has 0 amide bonds. The smallest absolute Gasteiger partial charge is 0.355 e. The van der Waals surface area contributed by atoms with Gasteiger partial charge in [-0.15, -0.1) is 0 Å². The highest BCUT2D eigenvalue weighted by molar-refractivity contribution is 6.05. The molecule has 0 N–H and O–H groups in total. The van der Waals surface area contributed by atoms with Crippen LogP contribution in [0.1, 0.15) is 50.9 Å². The van der Waals surface area contributed by atoms with Crippen molar-refractivity contribution in [1.29, 1.82) is 0 Å². The number of ether oxygens (including phenoxy) is 3. The van der Waals surface area contributed by atoms with E-state index < -0.39 is 23.8 Å². The van der Waals surface area contributed by atoms with Crippen LogP contribution >= 0.6 is 0 Å². The number of esters is 3. The van der Waals surface area contributed by atoms with Crippen molar-refractivity contribution in [2.75, 3.05) is 21.3 Å². The minimum Gasteiger partial charge on any atom is -0.469 e. The van der Waals surface area contributed by atoms with Gasteiger partial charge in [-0.2, -0.15) is 0 Å². The Morgan fingerprint density at radius 2 is 1.68 bits per heavy atom. The third kappa shape index (κ3) is 2.36. The lowest BCUT2D eigenvalue weighted by Gasteiger charge is -2.22. The van der Waals surface area contributed by atoms with Gasteiger partial charge in [-0.05, 0) is 19.3 Å². The average Bonchev–Trinajstić information content (AvgIpc) is 2.85. The van der Waals surface area contributed by atoms with E-state index in [-0.39, 0.29) is 11.3 Å². The highest BCUT2D eigenvalue weighted by atomic mass is 16.5. The highest BCUT2D eigenvalue weighted by Crippen LogP contribution is 2.38. The SMILES string of the molecule is COC(=O)c1c2c(n(C)c1C(=O)OC)CCCC2C(=O)OC. The fourth-order valence-corrected chi connectivity index (χ4v) is 3.07.